The number of ether oxygens (including phenoxy) is 1. The molecule has 0 radical (unpaired) electrons. The van der Waals surface area contributed by atoms with Crippen LogP contribution in [0.15, 0.2) is 18.3 Å². The number of nitrogens with one attached hydrogen (secondary N) is 1. The quantitative estimate of drug-likeness (QED) is 0.853. The molecule has 1 N–H and O–H groups in total. The van der Waals surface area contributed by atoms with Crippen LogP contribution in [-0.2, 0) is 6.54 Å². The molecule has 5 nitrogen and oxygen atoms in total. The fraction of sp³-hybridized carbons (Fsp3) is 0.688. The Morgan fingerprint density at radius 1 is 1.24 bits per heavy atom. The zero-order valence-corrected chi connectivity index (χ0v) is 13.7. The molecule has 1 aliphatic rings. The molecule has 1 aliphatic heterocycles. The molecule has 1 saturated heterocycles. The van der Waals surface area contributed by atoms with E-state index >= 15 is 0 Å². The van der Waals surface area contributed by atoms with Crippen molar-refractivity contribution in [3.8, 4) is 5.88 Å². The number of likely N-dealkylation sites (N-methyl/N-ethyl adjacent to an activating group) is 1. The number of aromatic nitrogens is 1. The van der Waals surface area contributed by atoms with Gasteiger partial charge in [0.15, 0.2) is 0 Å². The van der Waals surface area contributed by atoms with Gasteiger partial charge >= 0.3 is 0 Å². The summed E-state index contributed by atoms with van der Waals surface area (Å²) in [6, 6.07) is 3.96. The molecule has 5 heteroatoms. The molecule has 0 amide bonds. The second-order valence-corrected chi connectivity index (χ2v) is 6.42. The van der Waals surface area contributed by atoms with Crippen LogP contribution in [0.2, 0.25) is 0 Å². The van der Waals surface area contributed by atoms with E-state index in [2.05, 4.69) is 47.1 Å². The third kappa shape index (κ3) is 4.66. The Morgan fingerprint density at radius 3 is 2.52 bits per heavy atom. The Kier molecular flexibility index (Phi) is 5.56. The van der Waals surface area contributed by atoms with Crippen molar-refractivity contribution >= 4 is 0 Å². The molecule has 0 aromatic carbocycles. The van der Waals surface area contributed by atoms with Crippen molar-refractivity contribution in [2.75, 3.05) is 46.9 Å². The van der Waals surface area contributed by atoms with E-state index in [9.17, 15) is 0 Å². The Bertz CT molecular complexity index is 424. The van der Waals surface area contributed by atoms with Crippen LogP contribution in [0.1, 0.15) is 19.4 Å². The van der Waals surface area contributed by atoms with E-state index < -0.39 is 0 Å². The third-order valence-corrected chi connectivity index (χ3v) is 4.25. The van der Waals surface area contributed by atoms with Crippen molar-refractivity contribution < 1.29 is 4.74 Å². The van der Waals surface area contributed by atoms with Gasteiger partial charge in [-0.1, -0.05) is 6.07 Å². The summed E-state index contributed by atoms with van der Waals surface area (Å²) >= 11 is 0. The summed E-state index contributed by atoms with van der Waals surface area (Å²) in [5, 5.41) is 3.55. The van der Waals surface area contributed by atoms with Crippen LogP contribution in [0.25, 0.3) is 0 Å². The lowest BCUT2D eigenvalue weighted by Gasteiger charge is -2.43. The molecular formula is C16H28N4O. The molecule has 0 atom stereocenters. The summed E-state index contributed by atoms with van der Waals surface area (Å²) in [5.74, 6) is 0.663. The van der Waals surface area contributed by atoms with E-state index in [1.165, 1.54) is 5.56 Å². The first-order chi connectivity index (χ1) is 10.0. The maximum Gasteiger partial charge on any atom is 0.212 e. The SMILES string of the molecule is COc1ccc(CNCC(C)(C)N2CCN(C)CC2)cn1. The predicted octanol–water partition coefficient (Wildman–Crippen LogP) is 1.21. The monoisotopic (exact) mass is 292 g/mol. The molecule has 2 heterocycles. The van der Waals surface area contributed by atoms with E-state index in [-0.39, 0.29) is 5.54 Å². The number of hydrogen-bond donors (Lipinski definition) is 1. The maximum atomic E-state index is 5.07. The van der Waals surface area contributed by atoms with E-state index in [1.807, 2.05) is 12.3 Å². The van der Waals surface area contributed by atoms with Gasteiger partial charge in [0, 0.05) is 57.1 Å². The van der Waals surface area contributed by atoms with Crippen LogP contribution < -0.4 is 10.1 Å². The third-order valence-electron chi connectivity index (χ3n) is 4.25. The summed E-state index contributed by atoms with van der Waals surface area (Å²) in [5.41, 5.74) is 1.37. The van der Waals surface area contributed by atoms with Crippen LogP contribution in [0.5, 0.6) is 5.88 Å². The minimum absolute atomic E-state index is 0.182. The van der Waals surface area contributed by atoms with Gasteiger partial charge in [-0.3, -0.25) is 4.90 Å². The van der Waals surface area contributed by atoms with Crippen LogP contribution >= 0.6 is 0 Å². The first kappa shape index (κ1) is 16.2. The number of hydrogen-bond acceptors (Lipinski definition) is 5. The van der Waals surface area contributed by atoms with Crippen molar-refractivity contribution in [1.29, 1.82) is 0 Å². The molecular weight excluding hydrogens is 264 g/mol. The number of pyridine rings is 1. The van der Waals surface area contributed by atoms with Gasteiger partial charge in [-0.2, -0.15) is 0 Å². The lowest BCUT2D eigenvalue weighted by Crippen LogP contribution is -2.57. The standard InChI is InChI=1S/C16H28N4O/c1-16(2,20-9-7-19(3)8-10-20)13-17-11-14-5-6-15(21-4)18-12-14/h5-6,12,17H,7-11,13H2,1-4H3. The molecule has 0 bridgehead atoms. The number of piperazine rings is 1. The molecule has 21 heavy (non-hydrogen) atoms. The molecule has 1 aromatic rings. The van der Waals surface area contributed by atoms with E-state index in [0.717, 1.165) is 39.3 Å². The largest absolute Gasteiger partial charge is 0.481 e. The van der Waals surface area contributed by atoms with E-state index in [0.29, 0.717) is 5.88 Å². The van der Waals surface area contributed by atoms with Crippen LogP contribution in [0, 0.1) is 0 Å². The molecule has 1 fully saturated rings. The van der Waals surface area contributed by atoms with Gasteiger partial charge in [-0.25, -0.2) is 4.98 Å². The molecule has 0 saturated carbocycles. The highest BCUT2D eigenvalue weighted by atomic mass is 16.5. The summed E-state index contributed by atoms with van der Waals surface area (Å²) < 4.78 is 5.07. The lowest BCUT2D eigenvalue weighted by atomic mass is 10.0. The fourth-order valence-corrected chi connectivity index (χ4v) is 2.67. The fourth-order valence-electron chi connectivity index (χ4n) is 2.67. The highest BCUT2D eigenvalue weighted by Gasteiger charge is 2.28. The van der Waals surface area contributed by atoms with Crippen LogP contribution in [-0.4, -0.2) is 67.2 Å². The molecule has 1 aromatic heterocycles. The zero-order valence-electron chi connectivity index (χ0n) is 13.7. The van der Waals surface area contributed by atoms with Gasteiger partial charge in [-0.15, -0.1) is 0 Å². The first-order valence-electron chi connectivity index (χ1n) is 7.64. The average Bonchev–Trinajstić information content (AvgIpc) is 2.48. The lowest BCUT2D eigenvalue weighted by molar-refractivity contribution is 0.0618. The highest BCUT2D eigenvalue weighted by molar-refractivity contribution is 5.17. The van der Waals surface area contributed by atoms with Gasteiger partial charge in [-0.05, 0) is 26.5 Å². The van der Waals surface area contributed by atoms with Crippen molar-refractivity contribution in [2.45, 2.75) is 25.9 Å². The Hall–Kier alpha value is -1.17. The van der Waals surface area contributed by atoms with Crippen molar-refractivity contribution in [3.63, 3.8) is 0 Å². The molecule has 118 valence electrons. The summed E-state index contributed by atoms with van der Waals surface area (Å²) in [7, 11) is 3.83. The Labute approximate surface area is 128 Å². The normalized spacial score (nSPS) is 17.9. The van der Waals surface area contributed by atoms with E-state index in [1.54, 1.807) is 7.11 Å². The Balaban J connectivity index is 1.78. The van der Waals surface area contributed by atoms with Gasteiger partial charge in [0.2, 0.25) is 5.88 Å². The van der Waals surface area contributed by atoms with E-state index in [4.69, 9.17) is 4.74 Å². The molecule has 0 unspecified atom stereocenters. The van der Waals surface area contributed by atoms with Crippen molar-refractivity contribution in [2.24, 2.45) is 0 Å². The zero-order chi connectivity index (χ0) is 15.3. The summed E-state index contributed by atoms with van der Waals surface area (Å²) in [6.07, 6.45) is 1.87. The predicted molar refractivity (Wildman–Crippen MR) is 85.6 cm³/mol. The van der Waals surface area contributed by atoms with Crippen LogP contribution in [0.3, 0.4) is 0 Å². The van der Waals surface area contributed by atoms with Gasteiger partial charge in [0.05, 0.1) is 7.11 Å². The second-order valence-electron chi connectivity index (χ2n) is 6.42. The Morgan fingerprint density at radius 2 is 1.95 bits per heavy atom. The summed E-state index contributed by atoms with van der Waals surface area (Å²) in [4.78, 5) is 9.20. The minimum Gasteiger partial charge on any atom is -0.481 e. The molecule has 0 spiro atoms. The first-order valence-corrected chi connectivity index (χ1v) is 7.64. The molecule has 2 rings (SSSR count). The maximum absolute atomic E-state index is 5.07. The van der Waals surface area contributed by atoms with Gasteiger partial charge < -0.3 is 15.0 Å². The summed E-state index contributed by atoms with van der Waals surface area (Å²) in [6.45, 7) is 11.1. The van der Waals surface area contributed by atoms with Gasteiger partial charge in [0.25, 0.3) is 0 Å². The minimum atomic E-state index is 0.182. The van der Waals surface area contributed by atoms with Gasteiger partial charge in [0.1, 0.15) is 0 Å². The van der Waals surface area contributed by atoms with Crippen molar-refractivity contribution in [1.82, 2.24) is 20.1 Å². The second kappa shape index (κ2) is 7.20. The van der Waals surface area contributed by atoms with Crippen molar-refractivity contribution in [3.05, 3.63) is 23.9 Å². The smallest absolute Gasteiger partial charge is 0.212 e. The van der Waals surface area contributed by atoms with Crippen LogP contribution in [0.4, 0.5) is 0 Å². The topological polar surface area (TPSA) is 40.6 Å². The average molecular weight is 292 g/mol. The number of methoxy groups -OCH3 is 1. The highest BCUT2D eigenvalue weighted by Crippen LogP contribution is 2.16. The number of nitrogens with zero attached hydrogens (tertiary/aromatic N) is 3. The molecule has 0 aliphatic carbocycles. The number of rotatable bonds is 6.